The predicted octanol–water partition coefficient (Wildman–Crippen LogP) is 4.92. The Morgan fingerprint density at radius 3 is 2.76 bits per heavy atom. The molecule has 1 aromatic heterocycles. The van der Waals surface area contributed by atoms with E-state index >= 15 is 0 Å². The highest BCUT2D eigenvalue weighted by Crippen LogP contribution is 2.49. The number of aromatic amines is 1. The molecule has 104 valence electrons. The Hall–Kier alpha value is -1.87. The minimum absolute atomic E-state index is 0.130. The van der Waals surface area contributed by atoms with Crippen LogP contribution in [0.4, 0.5) is 0 Å². The number of aromatic nitrogens is 1. The summed E-state index contributed by atoms with van der Waals surface area (Å²) < 4.78 is 0.999. The van der Waals surface area contributed by atoms with Crippen molar-refractivity contribution in [3.05, 3.63) is 70.3 Å². The van der Waals surface area contributed by atoms with Crippen molar-refractivity contribution < 1.29 is 4.79 Å². The number of ketones is 1. The molecule has 1 fully saturated rings. The number of rotatable bonds is 3. The normalized spacial score (nSPS) is 20.6. The summed E-state index contributed by atoms with van der Waals surface area (Å²) >= 11 is 3.48. The second-order valence-electron chi connectivity index (χ2n) is 5.62. The van der Waals surface area contributed by atoms with E-state index in [1.807, 2.05) is 42.6 Å². The number of carbonyl (C=O) groups excluding carboxylic acids is 1. The van der Waals surface area contributed by atoms with E-state index < -0.39 is 0 Å². The van der Waals surface area contributed by atoms with Crippen molar-refractivity contribution in [3.8, 4) is 0 Å². The molecule has 2 nitrogen and oxygen atoms in total. The molecule has 0 saturated heterocycles. The molecule has 2 unspecified atom stereocenters. The molecule has 0 bridgehead atoms. The number of carbonyl (C=O) groups is 1. The maximum atomic E-state index is 12.7. The van der Waals surface area contributed by atoms with E-state index in [0.717, 1.165) is 27.4 Å². The first-order chi connectivity index (χ1) is 10.2. The van der Waals surface area contributed by atoms with Crippen LogP contribution < -0.4 is 0 Å². The molecule has 3 heteroatoms. The van der Waals surface area contributed by atoms with Crippen LogP contribution in [0.3, 0.4) is 0 Å². The Morgan fingerprint density at radius 1 is 1.14 bits per heavy atom. The first-order valence-electron chi connectivity index (χ1n) is 7.10. The van der Waals surface area contributed by atoms with Gasteiger partial charge in [0.25, 0.3) is 0 Å². The number of H-pyrrole nitrogens is 1. The van der Waals surface area contributed by atoms with Crippen LogP contribution in [0.5, 0.6) is 0 Å². The first-order valence-corrected chi connectivity index (χ1v) is 7.89. The summed E-state index contributed by atoms with van der Waals surface area (Å²) in [4.78, 5) is 15.9. The monoisotopic (exact) mass is 339 g/mol. The molecule has 2 aromatic carbocycles. The van der Waals surface area contributed by atoms with E-state index in [4.69, 9.17) is 0 Å². The Kier molecular flexibility index (Phi) is 2.96. The summed E-state index contributed by atoms with van der Waals surface area (Å²) in [5, 5.41) is 1.01. The van der Waals surface area contributed by atoms with Gasteiger partial charge in [0.2, 0.25) is 0 Å². The average Bonchev–Trinajstić information content (AvgIpc) is 3.21. The largest absolute Gasteiger partial charge is 0.360 e. The Labute approximate surface area is 131 Å². The molecule has 1 saturated carbocycles. The van der Waals surface area contributed by atoms with E-state index in [9.17, 15) is 4.79 Å². The zero-order valence-electron chi connectivity index (χ0n) is 11.3. The number of halogens is 1. The van der Waals surface area contributed by atoms with Gasteiger partial charge in [-0.3, -0.25) is 4.79 Å². The maximum absolute atomic E-state index is 12.7. The lowest BCUT2D eigenvalue weighted by Crippen LogP contribution is -2.02. The standard InChI is InChI=1S/C18H14BrNO/c19-12-6-7-17-14(8-12)16(10-20-17)18(21)15-9-13(15)11-4-2-1-3-5-11/h1-8,10,13,15,20H,9H2. The summed E-state index contributed by atoms with van der Waals surface area (Å²) in [7, 11) is 0. The molecule has 0 radical (unpaired) electrons. The summed E-state index contributed by atoms with van der Waals surface area (Å²) in [6.07, 6.45) is 2.81. The fraction of sp³-hybridized carbons (Fsp3) is 0.167. The molecule has 4 rings (SSSR count). The highest BCUT2D eigenvalue weighted by molar-refractivity contribution is 9.10. The molecule has 1 aliphatic rings. The van der Waals surface area contributed by atoms with Crippen LogP contribution >= 0.6 is 15.9 Å². The van der Waals surface area contributed by atoms with Gasteiger partial charge in [0.05, 0.1) is 0 Å². The Bertz CT molecular complexity index is 822. The fourth-order valence-electron chi connectivity index (χ4n) is 3.05. The zero-order chi connectivity index (χ0) is 14.4. The van der Waals surface area contributed by atoms with Gasteiger partial charge >= 0.3 is 0 Å². The molecular formula is C18H14BrNO. The van der Waals surface area contributed by atoms with Gasteiger partial charge in [-0.25, -0.2) is 0 Å². The summed E-state index contributed by atoms with van der Waals surface area (Å²) in [6.45, 7) is 0. The van der Waals surface area contributed by atoms with Crippen LogP contribution in [0.1, 0.15) is 28.3 Å². The third-order valence-corrected chi connectivity index (χ3v) is 4.76. The smallest absolute Gasteiger partial charge is 0.168 e. The third kappa shape index (κ3) is 2.22. The van der Waals surface area contributed by atoms with Crippen LogP contribution in [0.2, 0.25) is 0 Å². The van der Waals surface area contributed by atoms with E-state index in [1.54, 1.807) is 0 Å². The molecular weight excluding hydrogens is 326 g/mol. The van der Waals surface area contributed by atoms with Gasteiger partial charge in [0, 0.05) is 33.1 Å². The van der Waals surface area contributed by atoms with Crippen LogP contribution in [-0.2, 0) is 0 Å². The quantitative estimate of drug-likeness (QED) is 0.675. The lowest BCUT2D eigenvalue weighted by Gasteiger charge is -2.00. The Balaban J connectivity index is 1.65. The number of Topliss-reactive ketones (excluding diaryl/α,β-unsaturated/α-hetero) is 1. The predicted molar refractivity (Wildman–Crippen MR) is 87.6 cm³/mol. The molecule has 0 spiro atoms. The van der Waals surface area contributed by atoms with E-state index in [1.165, 1.54) is 5.56 Å². The molecule has 0 amide bonds. The van der Waals surface area contributed by atoms with Crippen molar-refractivity contribution in [3.63, 3.8) is 0 Å². The van der Waals surface area contributed by atoms with E-state index in [-0.39, 0.29) is 11.7 Å². The second-order valence-corrected chi connectivity index (χ2v) is 6.53. The lowest BCUT2D eigenvalue weighted by molar-refractivity contribution is 0.0967. The van der Waals surface area contributed by atoms with Gasteiger partial charge in [-0.1, -0.05) is 46.3 Å². The van der Waals surface area contributed by atoms with Crippen molar-refractivity contribution in [2.75, 3.05) is 0 Å². The van der Waals surface area contributed by atoms with Gasteiger partial charge < -0.3 is 4.98 Å². The molecule has 3 aromatic rings. The highest BCUT2D eigenvalue weighted by atomic mass is 79.9. The first kappa shape index (κ1) is 12.8. The van der Waals surface area contributed by atoms with Crippen molar-refractivity contribution in [1.82, 2.24) is 4.98 Å². The summed E-state index contributed by atoms with van der Waals surface area (Å²) in [5.41, 5.74) is 3.10. The van der Waals surface area contributed by atoms with Gasteiger partial charge in [-0.15, -0.1) is 0 Å². The number of hydrogen-bond acceptors (Lipinski definition) is 1. The number of hydrogen-bond donors (Lipinski definition) is 1. The van der Waals surface area contributed by atoms with Crippen molar-refractivity contribution in [1.29, 1.82) is 0 Å². The Morgan fingerprint density at radius 2 is 1.95 bits per heavy atom. The van der Waals surface area contributed by atoms with Gasteiger partial charge in [-0.2, -0.15) is 0 Å². The molecule has 0 aliphatic heterocycles. The molecule has 2 atom stereocenters. The molecule has 21 heavy (non-hydrogen) atoms. The van der Waals surface area contributed by atoms with Gasteiger partial charge in [0.15, 0.2) is 5.78 Å². The minimum atomic E-state index is 0.130. The number of nitrogens with one attached hydrogen (secondary N) is 1. The van der Waals surface area contributed by atoms with Gasteiger partial charge in [-0.05, 0) is 36.1 Å². The van der Waals surface area contributed by atoms with E-state index in [0.29, 0.717) is 5.92 Å². The lowest BCUT2D eigenvalue weighted by atomic mass is 10.0. The average molecular weight is 340 g/mol. The highest BCUT2D eigenvalue weighted by Gasteiger charge is 2.44. The SMILES string of the molecule is O=C(c1c[nH]c2ccc(Br)cc12)C1CC1c1ccccc1. The van der Waals surface area contributed by atoms with Crippen LogP contribution in [0.25, 0.3) is 10.9 Å². The number of fused-ring (bicyclic) bond motifs is 1. The van der Waals surface area contributed by atoms with Gasteiger partial charge in [0.1, 0.15) is 0 Å². The summed E-state index contributed by atoms with van der Waals surface area (Å²) in [5.74, 6) is 0.773. The van der Waals surface area contributed by atoms with Crippen LogP contribution in [-0.4, -0.2) is 10.8 Å². The summed E-state index contributed by atoms with van der Waals surface area (Å²) in [6, 6.07) is 16.3. The molecule has 1 N–H and O–H groups in total. The van der Waals surface area contributed by atoms with E-state index in [2.05, 4.69) is 33.0 Å². The van der Waals surface area contributed by atoms with Crippen molar-refractivity contribution in [2.24, 2.45) is 5.92 Å². The van der Waals surface area contributed by atoms with Crippen molar-refractivity contribution >= 4 is 32.6 Å². The maximum Gasteiger partial charge on any atom is 0.168 e. The third-order valence-electron chi connectivity index (χ3n) is 4.26. The van der Waals surface area contributed by atoms with Crippen LogP contribution in [0, 0.1) is 5.92 Å². The second kappa shape index (κ2) is 4.85. The fourth-order valence-corrected chi connectivity index (χ4v) is 3.41. The zero-order valence-corrected chi connectivity index (χ0v) is 12.9. The topological polar surface area (TPSA) is 32.9 Å². The van der Waals surface area contributed by atoms with Crippen LogP contribution in [0.15, 0.2) is 59.2 Å². The minimum Gasteiger partial charge on any atom is -0.360 e. The molecule has 1 heterocycles. The number of benzene rings is 2. The molecule has 1 aliphatic carbocycles. The van der Waals surface area contributed by atoms with Crippen molar-refractivity contribution in [2.45, 2.75) is 12.3 Å².